The smallest absolute Gasteiger partial charge is 0.231 e. The van der Waals surface area contributed by atoms with Crippen LogP contribution in [0.4, 0.5) is 0 Å². The third-order valence-corrected chi connectivity index (χ3v) is 3.73. The Balaban J connectivity index is 0.00000261. The van der Waals surface area contributed by atoms with Gasteiger partial charge in [0.15, 0.2) is 23.4 Å². The third kappa shape index (κ3) is 5.68. The zero-order valence-electron chi connectivity index (χ0n) is 14.8. The summed E-state index contributed by atoms with van der Waals surface area (Å²) in [6.45, 7) is 1.18. The molecule has 2 aromatic rings. The van der Waals surface area contributed by atoms with E-state index < -0.39 is 0 Å². The molecule has 0 amide bonds. The summed E-state index contributed by atoms with van der Waals surface area (Å²) in [5, 5.41) is 13.3. The molecule has 0 aliphatic carbocycles. The van der Waals surface area contributed by atoms with Gasteiger partial charge in [0.05, 0.1) is 13.7 Å². The number of hydrogen-bond donors (Lipinski definition) is 4. The maximum absolute atomic E-state index is 7.44. The van der Waals surface area contributed by atoms with Gasteiger partial charge in [-0.2, -0.15) is 0 Å². The Morgan fingerprint density at radius 2 is 1.85 bits per heavy atom. The van der Waals surface area contributed by atoms with E-state index in [-0.39, 0.29) is 25.2 Å². The minimum absolute atomic E-state index is 0. The first kappa shape index (κ1) is 20.2. The SMILES string of the molecule is COc1ccc(CN=C(NCc2ccc3c(c2)OCO3)NC(=N)N)cc1.Cl. The minimum atomic E-state index is -0.184. The number of nitrogens with one attached hydrogen (secondary N) is 3. The second-order valence-corrected chi connectivity index (χ2v) is 5.59. The molecule has 5 N–H and O–H groups in total. The van der Waals surface area contributed by atoms with Crippen LogP contribution in [-0.4, -0.2) is 25.8 Å². The van der Waals surface area contributed by atoms with Crippen LogP contribution in [0.5, 0.6) is 17.2 Å². The Bertz CT molecular complexity index is 811. The summed E-state index contributed by atoms with van der Waals surface area (Å²) in [6.07, 6.45) is 0. The number of fused-ring (bicyclic) bond motifs is 1. The van der Waals surface area contributed by atoms with Gasteiger partial charge in [-0.1, -0.05) is 18.2 Å². The fourth-order valence-electron chi connectivity index (χ4n) is 2.41. The van der Waals surface area contributed by atoms with Gasteiger partial charge in [-0.15, -0.1) is 12.4 Å². The summed E-state index contributed by atoms with van der Waals surface area (Å²) < 4.78 is 15.8. The number of benzene rings is 2. The molecule has 1 heterocycles. The minimum Gasteiger partial charge on any atom is -0.497 e. The Morgan fingerprint density at radius 1 is 1.15 bits per heavy atom. The number of nitrogens with zero attached hydrogens (tertiary/aromatic N) is 1. The predicted octanol–water partition coefficient (Wildman–Crippen LogP) is 1.97. The highest BCUT2D eigenvalue weighted by atomic mass is 35.5. The number of methoxy groups -OCH3 is 1. The van der Waals surface area contributed by atoms with Gasteiger partial charge in [-0.25, -0.2) is 4.99 Å². The molecular weight excluding hydrogens is 370 g/mol. The molecule has 0 saturated carbocycles. The zero-order chi connectivity index (χ0) is 18.4. The standard InChI is InChI=1S/C18H21N5O3.ClH/c1-24-14-5-2-12(3-6-14)9-21-18(23-17(19)20)22-10-13-4-7-15-16(8-13)26-11-25-15;/h2-8H,9-11H2,1H3,(H5,19,20,21,22,23);1H. The first-order valence-corrected chi connectivity index (χ1v) is 8.05. The molecule has 0 radical (unpaired) electrons. The van der Waals surface area contributed by atoms with Gasteiger partial charge < -0.3 is 25.3 Å². The quantitative estimate of drug-likeness (QED) is 0.457. The highest BCUT2D eigenvalue weighted by Crippen LogP contribution is 2.32. The number of ether oxygens (including phenoxy) is 3. The van der Waals surface area contributed by atoms with Crippen molar-refractivity contribution >= 4 is 24.3 Å². The van der Waals surface area contributed by atoms with E-state index in [9.17, 15) is 0 Å². The normalized spacial score (nSPS) is 12.1. The highest BCUT2D eigenvalue weighted by Gasteiger charge is 2.13. The van der Waals surface area contributed by atoms with E-state index in [1.807, 2.05) is 42.5 Å². The van der Waals surface area contributed by atoms with Gasteiger partial charge in [-0.3, -0.25) is 10.7 Å². The number of nitrogens with two attached hydrogens (primary N) is 1. The maximum atomic E-state index is 7.44. The van der Waals surface area contributed by atoms with Crippen molar-refractivity contribution in [1.29, 1.82) is 5.41 Å². The number of halogens is 1. The Labute approximate surface area is 163 Å². The van der Waals surface area contributed by atoms with Crippen LogP contribution in [0.3, 0.4) is 0 Å². The first-order chi connectivity index (χ1) is 12.6. The summed E-state index contributed by atoms with van der Waals surface area (Å²) in [4.78, 5) is 4.45. The Morgan fingerprint density at radius 3 is 2.56 bits per heavy atom. The highest BCUT2D eigenvalue weighted by molar-refractivity contribution is 5.96. The first-order valence-electron chi connectivity index (χ1n) is 8.05. The lowest BCUT2D eigenvalue weighted by Crippen LogP contribution is -2.43. The van der Waals surface area contributed by atoms with Gasteiger partial charge in [-0.05, 0) is 35.4 Å². The summed E-state index contributed by atoms with van der Waals surface area (Å²) >= 11 is 0. The Hall–Kier alpha value is -3.13. The van der Waals surface area contributed by atoms with Gasteiger partial charge >= 0.3 is 0 Å². The molecule has 0 bridgehead atoms. The number of hydrogen-bond acceptors (Lipinski definition) is 5. The third-order valence-electron chi connectivity index (χ3n) is 3.73. The van der Waals surface area contributed by atoms with Crippen LogP contribution in [0.2, 0.25) is 0 Å². The predicted molar refractivity (Wildman–Crippen MR) is 106 cm³/mol. The Kier molecular flexibility index (Phi) is 7.13. The second kappa shape index (κ2) is 9.54. The van der Waals surface area contributed by atoms with Crippen molar-refractivity contribution in [3.05, 3.63) is 53.6 Å². The summed E-state index contributed by atoms with van der Waals surface area (Å²) in [5.74, 6) is 2.49. The van der Waals surface area contributed by atoms with Crippen LogP contribution in [0.15, 0.2) is 47.5 Å². The lowest BCUT2D eigenvalue weighted by Gasteiger charge is -2.12. The number of aliphatic imine (C=N–C) groups is 1. The van der Waals surface area contributed by atoms with Crippen molar-refractivity contribution in [2.24, 2.45) is 10.7 Å². The van der Waals surface area contributed by atoms with E-state index >= 15 is 0 Å². The molecule has 3 rings (SSSR count). The van der Waals surface area contributed by atoms with Gasteiger partial charge in [0, 0.05) is 6.54 Å². The van der Waals surface area contributed by atoms with E-state index in [2.05, 4.69) is 15.6 Å². The summed E-state index contributed by atoms with van der Waals surface area (Å²) in [5.41, 5.74) is 7.45. The molecule has 8 nitrogen and oxygen atoms in total. The molecule has 0 unspecified atom stereocenters. The van der Waals surface area contributed by atoms with Gasteiger partial charge in [0.1, 0.15) is 5.75 Å². The molecule has 0 aromatic heterocycles. The van der Waals surface area contributed by atoms with Gasteiger partial charge in [0.2, 0.25) is 6.79 Å². The van der Waals surface area contributed by atoms with Crippen LogP contribution >= 0.6 is 12.4 Å². The fraction of sp³-hybridized carbons (Fsp3) is 0.222. The van der Waals surface area contributed by atoms with Crippen molar-refractivity contribution in [2.75, 3.05) is 13.9 Å². The van der Waals surface area contributed by atoms with E-state index in [1.54, 1.807) is 7.11 Å². The molecule has 0 atom stereocenters. The molecule has 9 heteroatoms. The molecule has 144 valence electrons. The topological polar surface area (TPSA) is 114 Å². The van der Waals surface area contributed by atoms with Crippen LogP contribution in [0.1, 0.15) is 11.1 Å². The monoisotopic (exact) mass is 391 g/mol. The second-order valence-electron chi connectivity index (χ2n) is 5.59. The van der Waals surface area contributed by atoms with E-state index in [4.69, 9.17) is 25.4 Å². The van der Waals surface area contributed by atoms with E-state index in [0.29, 0.717) is 19.0 Å². The number of guanidine groups is 2. The molecule has 27 heavy (non-hydrogen) atoms. The lowest BCUT2D eigenvalue weighted by molar-refractivity contribution is 0.174. The van der Waals surface area contributed by atoms with Crippen molar-refractivity contribution < 1.29 is 14.2 Å². The van der Waals surface area contributed by atoms with E-state index in [0.717, 1.165) is 28.4 Å². The average molecular weight is 392 g/mol. The average Bonchev–Trinajstić information content (AvgIpc) is 3.12. The maximum Gasteiger partial charge on any atom is 0.231 e. The van der Waals surface area contributed by atoms with Crippen molar-refractivity contribution in [2.45, 2.75) is 13.1 Å². The van der Waals surface area contributed by atoms with Crippen LogP contribution in [-0.2, 0) is 13.1 Å². The summed E-state index contributed by atoms with van der Waals surface area (Å²) in [6, 6.07) is 13.3. The summed E-state index contributed by atoms with van der Waals surface area (Å²) in [7, 11) is 1.63. The molecule has 2 aromatic carbocycles. The molecule has 0 fully saturated rings. The van der Waals surface area contributed by atoms with E-state index in [1.165, 1.54) is 0 Å². The zero-order valence-corrected chi connectivity index (χ0v) is 15.6. The fourth-order valence-corrected chi connectivity index (χ4v) is 2.41. The molecular formula is C18H22ClN5O3. The van der Waals surface area contributed by atoms with Crippen molar-refractivity contribution in [1.82, 2.24) is 10.6 Å². The molecule has 0 spiro atoms. The van der Waals surface area contributed by atoms with Crippen molar-refractivity contribution in [3.8, 4) is 17.2 Å². The largest absolute Gasteiger partial charge is 0.497 e. The lowest BCUT2D eigenvalue weighted by atomic mass is 10.2. The molecule has 1 aliphatic heterocycles. The number of rotatable bonds is 5. The van der Waals surface area contributed by atoms with Crippen LogP contribution < -0.4 is 30.6 Å². The van der Waals surface area contributed by atoms with Crippen molar-refractivity contribution in [3.63, 3.8) is 0 Å². The van der Waals surface area contributed by atoms with Crippen LogP contribution in [0.25, 0.3) is 0 Å². The molecule has 1 aliphatic rings. The van der Waals surface area contributed by atoms with Crippen LogP contribution in [0, 0.1) is 5.41 Å². The molecule has 0 saturated heterocycles. The van der Waals surface area contributed by atoms with Gasteiger partial charge in [0.25, 0.3) is 0 Å².